The Hall–Kier alpha value is -1.68. The van der Waals surface area contributed by atoms with Gasteiger partial charge in [0.05, 0.1) is 10.9 Å². The van der Waals surface area contributed by atoms with Crippen LogP contribution in [0.5, 0.6) is 0 Å². The zero-order valence-corrected chi connectivity index (χ0v) is 12.7. The van der Waals surface area contributed by atoms with Crippen molar-refractivity contribution in [2.24, 2.45) is 0 Å². The molecule has 110 valence electrons. The third-order valence-electron chi connectivity index (χ3n) is 5.25. The molecule has 0 aliphatic carbocycles. The Morgan fingerprint density at radius 3 is 2.95 bits per heavy atom. The van der Waals surface area contributed by atoms with Gasteiger partial charge in [0.15, 0.2) is 0 Å². The van der Waals surface area contributed by atoms with E-state index in [1.54, 1.807) is 0 Å². The van der Waals surface area contributed by atoms with Crippen molar-refractivity contribution in [2.45, 2.75) is 44.7 Å². The minimum Gasteiger partial charge on any atom is -0.303 e. The average Bonchev–Trinajstić information content (AvgIpc) is 2.49. The second-order valence-corrected chi connectivity index (χ2v) is 6.48. The number of hydrogen-bond acceptors (Lipinski definition) is 3. The van der Waals surface area contributed by atoms with Crippen molar-refractivity contribution < 1.29 is 0 Å². The van der Waals surface area contributed by atoms with E-state index in [0.717, 1.165) is 48.2 Å². The number of rotatable bonds is 0. The van der Waals surface area contributed by atoms with Crippen LogP contribution in [0.1, 0.15) is 36.6 Å². The summed E-state index contributed by atoms with van der Waals surface area (Å²) in [6.07, 6.45) is 3.41. The van der Waals surface area contributed by atoms with E-state index in [-0.39, 0.29) is 5.56 Å². The highest BCUT2D eigenvalue weighted by Crippen LogP contribution is 2.36. The second kappa shape index (κ2) is 4.67. The molecule has 0 N–H and O–H groups in total. The van der Waals surface area contributed by atoms with Crippen molar-refractivity contribution in [2.75, 3.05) is 13.6 Å². The minimum absolute atomic E-state index is 0.144. The van der Waals surface area contributed by atoms with E-state index in [1.807, 2.05) is 29.7 Å². The van der Waals surface area contributed by atoms with Crippen LogP contribution in [-0.4, -0.2) is 34.1 Å². The van der Waals surface area contributed by atoms with Crippen LogP contribution >= 0.6 is 0 Å². The Balaban J connectivity index is 1.97. The predicted octanol–water partition coefficient (Wildman–Crippen LogP) is 2.29. The molecule has 4 heteroatoms. The maximum absolute atomic E-state index is 12.8. The van der Waals surface area contributed by atoms with E-state index >= 15 is 0 Å². The lowest BCUT2D eigenvalue weighted by molar-refractivity contribution is 0.123. The number of piperidine rings is 1. The summed E-state index contributed by atoms with van der Waals surface area (Å²) in [4.78, 5) is 20.2. The molecule has 1 fully saturated rings. The fraction of sp³-hybridized carbons (Fsp3) is 0.529. The van der Waals surface area contributed by atoms with Crippen molar-refractivity contribution >= 4 is 10.9 Å². The number of hydrogen-bond donors (Lipinski definition) is 0. The van der Waals surface area contributed by atoms with Gasteiger partial charge in [-0.25, -0.2) is 4.98 Å². The van der Waals surface area contributed by atoms with Gasteiger partial charge >= 0.3 is 0 Å². The van der Waals surface area contributed by atoms with Crippen molar-refractivity contribution in [1.82, 2.24) is 14.5 Å². The number of aryl methyl sites for hydroxylation is 1. The minimum atomic E-state index is 0.144. The van der Waals surface area contributed by atoms with Crippen molar-refractivity contribution in [3.8, 4) is 0 Å². The molecule has 0 saturated carbocycles. The van der Waals surface area contributed by atoms with Crippen LogP contribution in [-0.2, 0) is 6.54 Å². The number of likely N-dealkylation sites (tertiary alicyclic amines) is 1. The molecular weight excluding hydrogens is 262 g/mol. The summed E-state index contributed by atoms with van der Waals surface area (Å²) in [5, 5.41) is 0.765. The van der Waals surface area contributed by atoms with Gasteiger partial charge in [0.25, 0.3) is 5.56 Å². The normalized spacial score (nSPS) is 25.6. The molecule has 2 atom stereocenters. The van der Waals surface area contributed by atoms with Gasteiger partial charge in [0.2, 0.25) is 0 Å². The highest BCUT2D eigenvalue weighted by Gasteiger charge is 2.36. The Morgan fingerprint density at radius 2 is 2.10 bits per heavy atom. The Morgan fingerprint density at radius 1 is 1.24 bits per heavy atom. The van der Waals surface area contributed by atoms with Crippen LogP contribution in [0.15, 0.2) is 23.0 Å². The zero-order valence-electron chi connectivity index (χ0n) is 12.7. The summed E-state index contributed by atoms with van der Waals surface area (Å²) in [7, 11) is 2.21. The molecule has 2 aromatic rings. The number of para-hydroxylation sites is 1. The highest BCUT2D eigenvalue weighted by atomic mass is 16.1. The van der Waals surface area contributed by atoms with Crippen molar-refractivity contribution in [3.63, 3.8) is 0 Å². The Bertz CT molecular complexity index is 764. The van der Waals surface area contributed by atoms with Crippen LogP contribution in [0.3, 0.4) is 0 Å². The molecule has 1 saturated heterocycles. The van der Waals surface area contributed by atoms with E-state index in [2.05, 4.69) is 11.9 Å². The highest BCUT2D eigenvalue weighted by molar-refractivity contribution is 5.80. The van der Waals surface area contributed by atoms with Crippen LogP contribution in [0.2, 0.25) is 0 Å². The average molecular weight is 283 g/mol. The lowest BCUT2D eigenvalue weighted by atomic mass is 9.84. The van der Waals surface area contributed by atoms with Gasteiger partial charge < -0.3 is 4.90 Å². The van der Waals surface area contributed by atoms with Crippen molar-refractivity contribution in [3.05, 3.63) is 39.9 Å². The zero-order chi connectivity index (χ0) is 14.6. The smallest absolute Gasteiger partial charge is 0.261 e. The van der Waals surface area contributed by atoms with Gasteiger partial charge in [0, 0.05) is 18.5 Å². The Labute approximate surface area is 124 Å². The molecule has 21 heavy (non-hydrogen) atoms. The molecule has 1 aromatic heterocycles. The number of nitrogens with zero attached hydrogens (tertiary/aromatic N) is 3. The van der Waals surface area contributed by atoms with Gasteiger partial charge in [0.1, 0.15) is 5.82 Å². The first kappa shape index (κ1) is 13.0. The van der Waals surface area contributed by atoms with Crippen LogP contribution in [0.4, 0.5) is 0 Å². The third kappa shape index (κ3) is 1.85. The number of aromatic nitrogens is 2. The molecule has 0 bridgehead atoms. The lowest BCUT2D eigenvalue weighted by Gasteiger charge is -2.42. The van der Waals surface area contributed by atoms with Gasteiger partial charge in [-0.1, -0.05) is 12.1 Å². The summed E-state index contributed by atoms with van der Waals surface area (Å²) in [6.45, 7) is 4.01. The summed E-state index contributed by atoms with van der Waals surface area (Å²) in [5.74, 6) is 1.43. The summed E-state index contributed by atoms with van der Waals surface area (Å²) in [6, 6.07) is 6.45. The number of benzene rings is 1. The molecular formula is C17H21N3O. The largest absolute Gasteiger partial charge is 0.303 e. The molecule has 2 aliphatic rings. The lowest BCUT2D eigenvalue weighted by Crippen LogP contribution is -2.47. The predicted molar refractivity (Wildman–Crippen MR) is 83.8 cm³/mol. The van der Waals surface area contributed by atoms with Crippen molar-refractivity contribution in [1.29, 1.82) is 0 Å². The molecule has 0 unspecified atom stereocenters. The van der Waals surface area contributed by atoms with Gasteiger partial charge in [-0.05, 0) is 51.4 Å². The topological polar surface area (TPSA) is 38.1 Å². The third-order valence-corrected chi connectivity index (χ3v) is 5.25. The van der Waals surface area contributed by atoms with E-state index in [0.29, 0.717) is 12.0 Å². The van der Waals surface area contributed by atoms with Gasteiger partial charge in [-0.3, -0.25) is 9.36 Å². The van der Waals surface area contributed by atoms with Gasteiger partial charge in [-0.15, -0.1) is 0 Å². The van der Waals surface area contributed by atoms with Gasteiger partial charge in [-0.2, -0.15) is 0 Å². The molecule has 1 aromatic carbocycles. The quantitative estimate of drug-likeness (QED) is 0.744. The van der Waals surface area contributed by atoms with Crippen LogP contribution in [0, 0.1) is 6.92 Å². The SMILES string of the molecule is Cc1cccc2c(=O)n3c(nc12)[C@H]1CCCN(C)[C@@H]1CC3. The second-order valence-electron chi connectivity index (χ2n) is 6.48. The molecule has 0 spiro atoms. The monoisotopic (exact) mass is 283 g/mol. The van der Waals surface area contributed by atoms with Crippen LogP contribution < -0.4 is 5.56 Å². The molecule has 0 radical (unpaired) electrons. The fourth-order valence-electron chi connectivity index (χ4n) is 4.11. The first-order valence-electron chi connectivity index (χ1n) is 7.87. The first-order valence-corrected chi connectivity index (χ1v) is 7.87. The summed E-state index contributed by atoms with van der Waals surface area (Å²) < 4.78 is 1.93. The first-order chi connectivity index (χ1) is 10.2. The Kier molecular flexibility index (Phi) is 2.89. The number of fused-ring (bicyclic) bond motifs is 4. The molecule has 3 heterocycles. The standard InChI is InChI=1S/C17H21N3O/c1-11-5-3-6-13-15(11)18-16-12-7-4-9-19(2)14(12)8-10-20(16)17(13)21/h3,5-6,12,14H,4,7-10H2,1-2H3/t12-,14+/m0/s1. The van der Waals surface area contributed by atoms with Crippen LogP contribution in [0.25, 0.3) is 10.9 Å². The number of likely N-dealkylation sites (N-methyl/N-ethyl adjacent to an activating group) is 1. The maximum atomic E-state index is 12.8. The maximum Gasteiger partial charge on any atom is 0.261 e. The molecule has 4 nitrogen and oxygen atoms in total. The molecule has 2 aliphatic heterocycles. The van der Waals surface area contributed by atoms with E-state index in [4.69, 9.17) is 4.98 Å². The fourth-order valence-corrected chi connectivity index (χ4v) is 4.11. The van der Waals surface area contributed by atoms with E-state index in [1.165, 1.54) is 6.42 Å². The van der Waals surface area contributed by atoms with E-state index < -0.39 is 0 Å². The molecule has 0 amide bonds. The summed E-state index contributed by atoms with van der Waals surface area (Å²) >= 11 is 0. The summed E-state index contributed by atoms with van der Waals surface area (Å²) in [5.41, 5.74) is 2.13. The molecule has 4 rings (SSSR count). The van der Waals surface area contributed by atoms with E-state index in [9.17, 15) is 4.79 Å².